The van der Waals surface area contributed by atoms with Gasteiger partial charge in [0.15, 0.2) is 23.9 Å². The summed E-state index contributed by atoms with van der Waals surface area (Å²) >= 11 is 0. The molecule has 3 heterocycles. The Balaban J connectivity index is 1.39. The lowest BCUT2D eigenvalue weighted by molar-refractivity contribution is -0.159. The minimum atomic E-state index is -0.873. The standard InChI is InChI=1S/C17H14N2O6/c1-10-15(24-12-6-3-2-5-11(12)23-10)17(20)22-9-14-18-16(19-25-14)13-7-4-8-21-13/h2-8,10,15H,9H2,1H3/t10-,15+/m1/s1. The number of para-hydroxylation sites is 2. The van der Waals surface area contributed by atoms with Crippen molar-refractivity contribution in [2.45, 2.75) is 25.7 Å². The summed E-state index contributed by atoms with van der Waals surface area (Å²) in [4.78, 5) is 16.4. The zero-order chi connectivity index (χ0) is 17.2. The largest absolute Gasteiger partial charge is 0.482 e. The Labute approximate surface area is 142 Å². The van der Waals surface area contributed by atoms with Crippen molar-refractivity contribution >= 4 is 5.97 Å². The van der Waals surface area contributed by atoms with Gasteiger partial charge in [0, 0.05) is 0 Å². The predicted octanol–water partition coefficient (Wildman–Crippen LogP) is 2.60. The number of hydrogen-bond donors (Lipinski definition) is 0. The number of ether oxygens (including phenoxy) is 3. The molecule has 0 aliphatic carbocycles. The molecule has 8 heteroatoms. The predicted molar refractivity (Wildman–Crippen MR) is 82.7 cm³/mol. The third kappa shape index (κ3) is 3.06. The molecule has 0 amide bonds. The van der Waals surface area contributed by atoms with Crippen molar-refractivity contribution in [3.63, 3.8) is 0 Å². The summed E-state index contributed by atoms with van der Waals surface area (Å²) in [6.07, 6.45) is 0.150. The highest BCUT2D eigenvalue weighted by Crippen LogP contribution is 2.33. The van der Waals surface area contributed by atoms with Crippen LogP contribution >= 0.6 is 0 Å². The number of furan rings is 1. The lowest BCUT2D eigenvalue weighted by Crippen LogP contribution is -2.44. The number of rotatable bonds is 4. The van der Waals surface area contributed by atoms with E-state index in [4.69, 9.17) is 23.2 Å². The van der Waals surface area contributed by atoms with Crippen molar-refractivity contribution in [2.24, 2.45) is 0 Å². The fourth-order valence-corrected chi connectivity index (χ4v) is 2.41. The molecule has 4 rings (SSSR count). The van der Waals surface area contributed by atoms with Crippen molar-refractivity contribution in [1.29, 1.82) is 0 Å². The van der Waals surface area contributed by atoms with Crippen LogP contribution in [-0.4, -0.2) is 28.3 Å². The molecule has 0 N–H and O–H groups in total. The van der Waals surface area contributed by atoms with E-state index in [9.17, 15) is 4.79 Å². The SMILES string of the molecule is C[C@H]1Oc2ccccc2O[C@@H]1C(=O)OCc1nc(-c2ccco2)no1. The van der Waals surface area contributed by atoms with Crippen LogP contribution in [0.15, 0.2) is 51.6 Å². The maximum absolute atomic E-state index is 12.3. The Morgan fingerprint density at radius 2 is 1.96 bits per heavy atom. The van der Waals surface area contributed by atoms with E-state index < -0.39 is 18.2 Å². The highest BCUT2D eigenvalue weighted by atomic mass is 16.6. The number of nitrogens with zero attached hydrogens (tertiary/aromatic N) is 2. The van der Waals surface area contributed by atoms with Gasteiger partial charge in [0.25, 0.3) is 5.89 Å². The number of aromatic nitrogens is 2. The van der Waals surface area contributed by atoms with Gasteiger partial charge in [-0.15, -0.1) is 0 Å². The van der Waals surface area contributed by atoms with Crippen molar-refractivity contribution in [1.82, 2.24) is 10.1 Å². The number of carbonyl (C=O) groups is 1. The summed E-state index contributed by atoms with van der Waals surface area (Å²) < 4.78 is 26.8. The molecule has 8 nitrogen and oxygen atoms in total. The molecule has 2 atom stereocenters. The summed E-state index contributed by atoms with van der Waals surface area (Å²) in [5, 5.41) is 3.77. The van der Waals surface area contributed by atoms with E-state index in [0.717, 1.165) is 0 Å². The van der Waals surface area contributed by atoms with Gasteiger partial charge < -0.3 is 23.2 Å². The molecule has 0 radical (unpaired) electrons. The minimum Gasteiger partial charge on any atom is -0.482 e. The van der Waals surface area contributed by atoms with Crippen LogP contribution < -0.4 is 9.47 Å². The number of esters is 1. The van der Waals surface area contributed by atoms with Gasteiger partial charge in [-0.25, -0.2) is 4.79 Å². The molecule has 2 aromatic heterocycles. The topological polar surface area (TPSA) is 96.8 Å². The number of carbonyl (C=O) groups excluding carboxylic acids is 1. The average Bonchev–Trinajstić information content (AvgIpc) is 3.30. The lowest BCUT2D eigenvalue weighted by Gasteiger charge is -2.30. The Morgan fingerprint density at radius 1 is 1.16 bits per heavy atom. The first-order chi connectivity index (χ1) is 12.2. The van der Waals surface area contributed by atoms with Crippen LogP contribution in [0, 0.1) is 0 Å². The van der Waals surface area contributed by atoms with Gasteiger partial charge >= 0.3 is 5.97 Å². The molecule has 0 bridgehead atoms. The third-order valence-electron chi connectivity index (χ3n) is 3.62. The number of benzene rings is 1. The van der Waals surface area contributed by atoms with Gasteiger partial charge in [-0.3, -0.25) is 0 Å². The summed E-state index contributed by atoms with van der Waals surface area (Å²) in [6, 6.07) is 10.6. The fourth-order valence-electron chi connectivity index (χ4n) is 2.41. The molecular weight excluding hydrogens is 328 g/mol. The van der Waals surface area contributed by atoms with Gasteiger partial charge in [-0.1, -0.05) is 17.3 Å². The second-order valence-electron chi connectivity index (χ2n) is 5.40. The summed E-state index contributed by atoms with van der Waals surface area (Å²) in [6.45, 7) is 1.57. The summed E-state index contributed by atoms with van der Waals surface area (Å²) in [7, 11) is 0. The van der Waals surface area contributed by atoms with E-state index in [1.807, 2.05) is 6.07 Å². The van der Waals surface area contributed by atoms with Crippen LogP contribution in [0.2, 0.25) is 0 Å². The van der Waals surface area contributed by atoms with E-state index in [2.05, 4.69) is 10.1 Å². The second-order valence-corrected chi connectivity index (χ2v) is 5.40. The van der Waals surface area contributed by atoms with Gasteiger partial charge in [0.05, 0.1) is 6.26 Å². The molecule has 0 saturated heterocycles. The van der Waals surface area contributed by atoms with Crippen molar-refractivity contribution in [3.05, 3.63) is 48.6 Å². The highest BCUT2D eigenvalue weighted by molar-refractivity contribution is 5.76. The zero-order valence-electron chi connectivity index (χ0n) is 13.2. The average molecular weight is 342 g/mol. The Kier molecular flexibility index (Phi) is 3.85. The second kappa shape index (κ2) is 6.31. The molecule has 0 saturated carbocycles. The molecular formula is C17H14N2O6. The third-order valence-corrected chi connectivity index (χ3v) is 3.62. The molecule has 25 heavy (non-hydrogen) atoms. The first-order valence-corrected chi connectivity index (χ1v) is 7.66. The Morgan fingerprint density at radius 3 is 2.72 bits per heavy atom. The smallest absolute Gasteiger partial charge is 0.351 e. The fraction of sp³-hybridized carbons (Fsp3) is 0.235. The molecule has 1 aliphatic heterocycles. The summed E-state index contributed by atoms with van der Waals surface area (Å²) in [5.74, 6) is 1.44. The maximum atomic E-state index is 12.3. The number of fused-ring (bicyclic) bond motifs is 1. The minimum absolute atomic E-state index is 0.157. The van der Waals surface area contributed by atoms with Crippen molar-refractivity contribution < 1.29 is 27.9 Å². The van der Waals surface area contributed by atoms with E-state index in [1.54, 1.807) is 37.3 Å². The molecule has 1 aliphatic rings. The van der Waals surface area contributed by atoms with E-state index in [1.165, 1.54) is 6.26 Å². The van der Waals surface area contributed by atoms with E-state index in [-0.39, 0.29) is 18.3 Å². The lowest BCUT2D eigenvalue weighted by atomic mass is 10.2. The summed E-state index contributed by atoms with van der Waals surface area (Å²) in [5.41, 5.74) is 0. The van der Waals surface area contributed by atoms with Crippen molar-refractivity contribution in [3.8, 4) is 23.1 Å². The van der Waals surface area contributed by atoms with E-state index in [0.29, 0.717) is 17.3 Å². The van der Waals surface area contributed by atoms with Crippen LogP contribution in [-0.2, 0) is 16.1 Å². The normalized spacial score (nSPS) is 18.8. The van der Waals surface area contributed by atoms with Crippen LogP contribution in [0.1, 0.15) is 12.8 Å². The first-order valence-electron chi connectivity index (χ1n) is 7.66. The molecule has 0 fully saturated rings. The first kappa shape index (κ1) is 15.3. The molecule has 1 aromatic carbocycles. The Hall–Kier alpha value is -3.29. The quantitative estimate of drug-likeness (QED) is 0.668. The van der Waals surface area contributed by atoms with Crippen LogP contribution in [0.25, 0.3) is 11.6 Å². The van der Waals surface area contributed by atoms with Crippen LogP contribution in [0.4, 0.5) is 0 Å². The molecule has 0 unspecified atom stereocenters. The van der Waals surface area contributed by atoms with E-state index >= 15 is 0 Å². The van der Waals surface area contributed by atoms with Crippen LogP contribution in [0.5, 0.6) is 11.5 Å². The highest BCUT2D eigenvalue weighted by Gasteiger charge is 2.35. The Bertz CT molecular complexity index is 873. The van der Waals surface area contributed by atoms with Gasteiger partial charge in [-0.2, -0.15) is 4.98 Å². The maximum Gasteiger partial charge on any atom is 0.351 e. The number of hydrogen-bond acceptors (Lipinski definition) is 8. The molecule has 0 spiro atoms. The van der Waals surface area contributed by atoms with Gasteiger partial charge in [-0.05, 0) is 31.2 Å². The van der Waals surface area contributed by atoms with Crippen LogP contribution in [0.3, 0.4) is 0 Å². The zero-order valence-corrected chi connectivity index (χ0v) is 13.2. The molecule has 3 aromatic rings. The van der Waals surface area contributed by atoms with Gasteiger partial charge in [0.2, 0.25) is 11.9 Å². The van der Waals surface area contributed by atoms with Gasteiger partial charge in [0.1, 0.15) is 6.10 Å². The van der Waals surface area contributed by atoms with Crippen molar-refractivity contribution in [2.75, 3.05) is 0 Å². The monoisotopic (exact) mass is 342 g/mol. The molecule has 128 valence electrons.